The molecule has 10 heavy (non-hydrogen) atoms. The van der Waals surface area contributed by atoms with Crippen LogP contribution in [-0.4, -0.2) is 11.7 Å². The fourth-order valence-corrected chi connectivity index (χ4v) is 3.13. The van der Waals surface area contributed by atoms with Crippen LogP contribution in [0.5, 0.6) is 0 Å². The quantitative estimate of drug-likeness (QED) is 0.466. The average molecular weight is 138 g/mol. The zero-order chi connectivity index (χ0) is 6.77. The van der Waals surface area contributed by atoms with Crippen molar-refractivity contribution in [3.63, 3.8) is 0 Å². The lowest BCUT2D eigenvalue weighted by molar-refractivity contribution is 0.162. The number of hydrogen-bond acceptors (Lipinski definition) is 1. The molecule has 3 saturated carbocycles. The maximum Gasteiger partial charge on any atom is 0.0951 e. The maximum absolute atomic E-state index is 5.75. The first-order valence-corrected chi connectivity index (χ1v) is 4.48. The predicted molar refractivity (Wildman–Crippen MR) is 38.7 cm³/mol. The monoisotopic (exact) mass is 138 g/mol. The molecule has 2 atom stereocenters. The van der Waals surface area contributed by atoms with Crippen LogP contribution in [0.15, 0.2) is 0 Å². The number of fused-ring (bicyclic) bond motifs is 2. The molecular formula is C9H14O. The van der Waals surface area contributed by atoms with Crippen molar-refractivity contribution >= 4 is 0 Å². The molecule has 1 saturated heterocycles. The fraction of sp³-hybridized carbons (Fsp3) is 1.00. The van der Waals surface area contributed by atoms with Crippen LogP contribution < -0.4 is 0 Å². The van der Waals surface area contributed by atoms with Crippen molar-refractivity contribution < 1.29 is 4.74 Å². The minimum Gasteiger partial charge on any atom is -0.366 e. The number of rotatable bonds is 0. The lowest BCUT2D eigenvalue weighted by Crippen LogP contribution is -2.37. The molecule has 1 heteroatoms. The standard InChI is InChI=1S/C9H14O/c1-9-7-4-2-6(3-5-7)8(9)10-9/h6-8H,2-5H2,1H3. The van der Waals surface area contributed by atoms with Gasteiger partial charge in [-0.05, 0) is 44.4 Å². The van der Waals surface area contributed by atoms with Gasteiger partial charge in [-0.25, -0.2) is 0 Å². The Morgan fingerprint density at radius 2 is 1.90 bits per heavy atom. The van der Waals surface area contributed by atoms with E-state index in [2.05, 4.69) is 6.92 Å². The van der Waals surface area contributed by atoms with Crippen molar-refractivity contribution in [3.8, 4) is 0 Å². The van der Waals surface area contributed by atoms with Crippen molar-refractivity contribution in [2.24, 2.45) is 11.8 Å². The van der Waals surface area contributed by atoms with Crippen LogP contribution in [0.2, 0.25) is 0 Å². The SMILES string of the molecule is CC12OC1C1CCC2CC1. The molecule has 1 nitrogen and oxygen atoms in total. The molecule has 2 unspecified atom stereocenters. The van der Waals surface area contributed by atoms with Crippen molar-refractivity contribution in [2.75, 3.05) is 0 Å². The molecule has 0 amide bonds. The summed E-state index contributed by atoms with van der Waals surface area (Å²) < 4.78 is 5.75. The van der Waals surface area contributed by atoms with Crippen molar-refractivity contribution in [1.29, 1.82) is 0 Å². The van der Waals surface area contributed by atoms with Crippen molar-refractivity contribution in [3.05, 3.63) is 0 Å². The van der Waals surface area contributed by atoms with E-state index in [1.807, 2.05) is 0 Å². The van der Waals surface area contributed by atoms with Gasteiger partial charge in [-0.2, -0.15) is 0 Å². The maximum atomic E-state index is 5.75. The Morgan fingerprint density at radius 3 is 2.30 bits per heavy atom. The van der Waals surface area contributed by atoms with Crippen LogP contribution in [0, 0.1) is 11.8 Å². The molecule has 0 N–H and O–H groups in total. The van der Waals surface area contributed by atoms with E-state index in [9.17, 15) is 0 Å². The third-order valence-corrected chi connectivity index (χ3v) is 3.90. The van der Waals surface area contributed by atoms with Gasteiger partial charge in [0, 0.05) is 0 Å². The normalized spacial score (nSPS) is 63.9. The topological polar surface area (TPSA) is 12.5 Å². The Bertz CT molecular complexity index is 170. The van der Waals surface area contributed by atoms with E-state index in [1.54, 1.807) is 0 Å². The zero-order valence-corrected chi connectivity index (χ0v) is 6.47. The zero-order valence-electron chi connectivity index (χ0n) is 6.47. The molecular weight excluding hydrogens is 124 g/mol. The highest BCUT2D eigenvalue weighted by molar-refractivity contribution is 5.13. The van der Waals surface area contributed by atoms with Gasteiger partial charge in [0.25, 0.3) is 0 Å². The molecule has 4 rings (SSSR count). The molecule has 1 heterocycles. The minimum atomic E-state index is 0.362. The minimum absolute atomic E-state index is 0.362. The summed E-state index contributed by atoms with van der Waals surface area (Å²) in [5.74, 6) is 1.86. The highest BCUT2D eigenvalue weighted by Crippen LogP contribution is 2.60. The van der Waals surface area contributed by atoms with Gasteiger partial charge in [0.05, 0.1) is 11.7 Å². The highest BCUT2D eigenvalue weighted by Gasteiger charge is 2.64. The van der Waals surface area contributed by atoms with Gasteiger partial charge in [0.1, 0.15) is 0 Å². The molecule has 1 aliphatic heterocycles. The first-order chi connectivity index (χ1) is 4.81. The smallest absolute Gasteiger partial charge is 0.0951 e. The number of hydrogen-bond donors (Lipinski definition) is 0. The van der Waals surface area contributed by atoms with Gasteiger partial charge in [-0.3, -0.25) is 0 Å². The summed E-state index contributed by atoms with van der Waals surface area (Å²) in [6.07, 6.45) is 6.46. The molecule has 0 radical (unpaired) electrons. The molecule has 4 fully saturated rings. The summed E-state index contributed by atoms with van der Waals surface area (Å²) in [4.78, 5) is 0. The highest BCUT2D eigenvalue weighted by atomic mass is 16.6. The van der Waals surface area contributed by atoms with Crippen LogP contribution >= 0.6 is 0 Å². The van der Waals surface area contributed by atoms with Crippen molar-refractivity contribution in [2.45, 2.75) is 44.3 Å². The van der Waals surface area contributed by atoms with Gasteiger partial charge in [-0.15, -0.1) is 0 Å². The summed E-state index contributed by atoms with van der Waals surface area (Å²) in [5, 5.41) is 0. The first kappa shape index (κ1) is 5.59. The lowest BCUT2D eigenvalue weighted by atomic mass is 9.65. The van der Waals surface area contributed by atoms with E-state index >= 15 is 0 Å². The molecule has 0 aromatic rings. The predicted octanol–water partition coefficient (Wildman–Crippen LogP) is 1.96. The van der Waals surface area contributed by atoms with Crippen LogP contribution in [0.25, 0.3) is 0 Å². The third-order valence-electron chi connectivity index (χ3n) is 3.90. The largest absolute Gasteiger partial charge is 0.366 e. The fourth-order valence-electron chi connectivity index (χ4n) is 3.13. The molecule has 2 bridgehead atoms. The van der Waals surface area contributed by atoms with E-state index in [4.69, 9.17) is 4.74 Å². The Morgan fingerprint density at radius 1 is 1.20 bits per heavy atom. The van der Waals surface area contributed by atoms with Crippen LogP contribution in [0.1, 0.15) is 32.6 Å². The lowest BCUT2D eigenvalue weighted by Gasteiger charge is -2.36. The van der Waals surface area contributed by atoms with Crippen LogP contribution in [0.3, 0.4) is 0 Å². The van der Waals surface area contributed by atoms with E-state index in [0.717, 1.165) is 11.8 Å². The van der Waals surface area contributed by atoms with E-state index in [0.29, 0.717) is 11.7 Å². The van der Waals surface area contributed by atoms with Crippen LogP contribution in [0.4, 0.5) is 0 Å². The molecule has 0 aromatic carbocycles. The van der Waals surface area contributed by atoms with E-state index in [1.165, 1.54) is 25.7 Å². The second kappa shape index (κ2) is 1.42. The first-order valence-electron chi connectivity index (χ1n) is 4.48. The summed E-state index contributed by atoms with van der Waals surface area (Å²) in [5.41, 5.74) is 0.362. The second-order valence-corrected chi connectivity index (χ2v) is 4.33. The number of epoxide rings is 1. The third kappa shape index (κ3) is 0.460. The Hall–Kier alpha value is -0.0400. The second-order valence-electron chi connectivity index (χ2n) is 4.33. The Balaban J connectivity index is 1.98. The van der Waals surface area contributed by atoms with Gasteiger partial charge in [-0.1, -0.05) is 0 Å². The Labute approximate surface area is 61.8 Å². The van der Waals surface area contributed by atoms with E-state index in [-0.39, 0.29) is 0 Å². The van der Waals surface area contributed by atoms with E-state index < -0.39 is 0 Å². The van der Waals surface area contributed by atoms with Gasteiger partial charge in [0.15, 0.2) is 0 Å². The summed E-state index contributed by atoms with van der Waals surface area (Å²) in [6.45, 7) is 2.31. The summed E-state index contributed by atoms with van der Waals surface area (Å²) in [6, 6.07) is 0. The van der Waals surface area contributed by atoms with Gasteiger partial charge in [0.2, 0.25) is 0 Å². The molecule has 3 aliphatic carbocycles. The molecule has 0 aromatic heterocycles. The summed E-state index contributed by atoms with van der Waals surface area (Å²) >= 11 is 0. The summed E-state index contributed by atoms with van der Waals surface area (Å²) in [7, 11) is 0. The average Bonchev–Trinajstić information content (AvgIpc) is 2.66. The van der Waals surface area contributed by atoms with Gasteiger partial charge < -0.3 is 4.74 Å². The van der Waals surface area contributed by atoms with Gasteiger partial charge >= 0.3 is 0 Å². The van der Waals surface area contributed by atoms with Crippen LogP contribution in [-0.2, 0) is 4.74 Å². The van der Waals surface area contributed by atoms with Crippen molar-refractivity contribution in [1.82, 2.24) is 0 Å². The molecule has 0 spiro atoms. The Kier molecular flexibility index (Phi) is 0.797. The molecule has 56 valence electrons. The number of ether oxygens (including phenoxy) is 1. The molecule has 4 aliphatic rings.